The highest BCUT2D eigenvalue weighted by Gasteiger charge is 2.30. The third-order valence-corrected chi connectivity index (χ3v) is 5.36. The van der Waals surface area contributed by atoms with E-state index in [0.29, 0.717) is 12.1 Å². The van der Waals surface area contributed by atoms with Crippen LogP contribution in [0.1, 0.15) is 64.2 Å². The van der Waals surface area contributed by atoms with Crippen LogP contribution in [0.25, 0.3) is 0 Å². The fourth-order valence-electron chi connectivity index (χ4n) is 3.39. The maximum Gasteiger partial charge on any atom is 0.0915 e. The number of nitrogens with zero attached hydrogens (tertiary/aromatic N) is 1. The van der Waals surface area contributed by atoms with Crippen molar-refractivity contribution in [3.8, 4) is 0 Å². The number of hydrogen-bond acceptors (Lipinski definition) is 1. The molecule has 0 aliphatic heterocycles. The van der Waals surface area contributed by atoms with E-state index >= 15 is 0 Å². The first-order valence-electron chi connectivity index (χ1n) is 6.91. The van der Waals surface area contributed by atoms with E-state index in [0.717, 1.165) is 0 Å². The van der Waals surface area contributed by atoms with Gasteiger partial charge in [-0.05, 0) is 25.7 Å². The van der Waals surface area contributed by atoms with Gasteiger partial charge in [-0.2, -0.15) is 0 Å². The van der Waals surface area contributed by atoms with Crippen LogP contribution in [-0.4, -0.2) is 26.9 Å². The van der Waals surface area contributed by atoms with E-state index < -0.39 is 11.0 Å². The normalized spacial score (nSPS) is 27.1. The molecule has 2 aliphatic rings. The summed E-state index contributed by atoms with van der Waals surface area (Å²) in [5, 5.41) is 0. The van der Waals surface area contributed by atoms with Crippen LogP contribution >= 0.6 is 0 Å². The van der Waals surface area contributed by atoms with Gasteiger partial charge >= 0.3 is 0 Å². The van der Waals surface area contributed by atoms with Crippen molar-refractivity contribution in [3.05, 3.63) is 0 Å². The highest BCUT2D eigenvalue weighted by molar-refractivity contribution is 7.81. The van der Waals surface area contributed by atoms with Crippen molar-refractivity contribution < 1.29 is 4.21 Å². The Morgan fingerprint density at radius 1 is 0.812 bits per heavy atom. The zero-order valence-electron chi connectivity index (χ0n) is 10.5. The predicted molar refractivity (Wildman–Crippen MR) is 69.7 cm³/mol. The summed E-state index contributed by atoms with van der Waals surface area (Å²) in [6.07, 6.45) is 15.1. The quantitative estimate of drug-likeness (QED) is 0.745. The van der Waals surface area contributed by atoms with Crippen LogP contribution in [0.4, 0.5) is 0 Å². The fraction of sp³-hybridized carbons (Fsp3) is 1.00. The minimum absolute atomic E-state index is 0.614. The molecule has 0 amide bonds. The van der Waals surface area contributed by atoms with Crippen LogP contribution < -0.4 is 0 Å². The molecule has 1 unspecified atom stereocenters. The molecule has 1 atom stereocenters. The largest absolute Gasteiger partial charge is 0.243 e. The molecule has 0 aromatic heterocycles. The average molecular weight is 243 g/mol. The van der Waals surface area contributed by atoms with E-state index in [1.807, 2.05) is 6.26 Å². The molecule has 2 nitrogen and oxygen atoms in total. The summed E-state index contributed by atoms with van der Waals surface area (Å²) in [4.78, 5) is 0. The summed E-state index contributed by atoms with van der Waals surface area (Å²) in [5.41, 5.74) is 0. The Bertz CT molecular complexity index is 214. The molecule has 3 heteroatoms. The lowest BCUT2D eigenvalue weighted by atomic mass is 9.91. The second-order valence-electron chi connectivity index (χ2n) is 5.37. The topological polar surface area (TPSA) is 20.3 Å². The zero-order valence-corrected chi connectivity index (χ0v) is 11.3. The molecule has 16 heavy (non-hydrogen) atoms. The van der Waals surface area contributed by atoms with E-state index in [1.54, 1.807) is 0 Å². The van der Waals surface area contributed by atoms with Crippen LogP contribution in [0.5, 0.6) is 0 Å². The summed E-state index contributed by atoms with van der Waals surface area (Å²) < 4.78 is 14.3. The molecule has 0 spiro atoms. The Morgan fingerprint density at radius 3 is 1.50 bits per heavy atom. The molecular weight excluding hydrogens is 218 g/mol. The highest BCUT2D eigenvalue weighted by atomic mass is 32.2. The van der Waals surface area contributed by atoms with Crippen LogP contribution in [0, 0.1) is 0 Å². The van der Waals surface area contributed by atoms with Crippen molar-refractivity contribution in [2.45, 2.75) is 76.3 Å². The summed E-state index contributed by atoms with van der Waals surface area (Å²) in [6, 6.07) is 1.23. The Labute approximate surface area is 102 Å². The third-order valence-electron chi connectivity index (χ3n) is 4.17. The molecule has 0 aromatic carbocycles. The molecule has 0 heterocycles. The van der Waals surface area contributed by atoms with Gasteiger partial charge in [0.25, 0.3) is 0 Å². The van der Waals surface area contributed by atoms with E-state index in [1.165, 1.54) is 64.2 Å². The lowest BCUT2D eigenvalue weighted by molar-refractivity contribution is 0.178. The Hall–Kier alpha value is 0.110. The first-order valence-corrected chi connectivity index (χ1v) is 8.42. The van der Waals surface area contributed by atoms with Crippen molar-refractivity contribution in [2.75, 3.05) is 6.26 Å². The van der Waals surface area contributed by atoms with Crippen molar-refractivity contribution in [1.29, 1.82) is 0 Å². The molecule has 2 rings (SSSR count). The first-order chi connectivity index (χ1) is 7.79. The first kappa shape index (κ1) is 12.6. The molecule has 0 radical (unpaired) electrons. The Morgan fingerprint density at radius 2 is 1.19 bits per heavy atom. The summed E-state index contributed by atoms with van der Waals surface area (Å²) in [5.74, 6) is 0. The van der Waals surface area contributed by atoms with Crippen molar-refractivity contribution in [3.63, 3.8) is 0 Å². The minimum atomic E-state index is -0.765. The van der Waals surface area contributed by atoms with E-state index in [2.05, 4.69) is 4.31 Å². The van der Waals surface area contributed by atoms with Gasteiger partial charge in [-0.25, -0.2) is 8.51 Å². The van der Waals surface area contributed by atoms with Crippen molar-refractivity contribution in [1.82, 2.24) is 4.31 Å². The predicted octanol–water partition coefficient (Wildman–Crippen LogP) is 3.25. The molecule has 2 fully saturated rings. The van der Waals surface area contributed by atoms with Crippen LogP contribution in [0.15, 0.2) is 0 Å². The SMILES string of the molecule is CS(=O)N(C1CCCCC1)C1CCCCC1. The number of hydrogen-bond donors (Lipinski definition) is 0. The van der Waals surface area contributed by atoms with Gasteiger partial charge in [0.1, 0.15) is 0 Å². The van der Waals surface area contributed by atoms with Gasteiger partial charge in [-0.15, -0.1) is 0 Å². The summed E-state index contributed by atoms with van der Waals surface area (Å²) >= 11 is 0. The molecule has 2 saturated carbocycles. The maximum absolute atomic E-state index is 12.0. The molecular formula is C13H25NOS. The Balaban J connectivity index is 1.99. The molecule has 0 saturated heterocycles. The number of rotatable bonds is 3. The lowest BCUT2D eigenvalue weighted by Crippen LogP contribution is -2.45. The van der Waals surface area contributed by atoms with Gasteiger partial charge in [-0.3, -0.25) is 0 Å². The van der Waals surface area contributed by atoms with E-state index in [-0.39, 0.29) is 0 Å². The summed E-state index contributed by atoms with van der Waals surface area (Å²) in [7, 11) is -0.765. The van der Waals surface area contributed by atoms with Crippen LogP contribution in [0.3, 0.4) is 0 Å². The Kier molecular flexibility index (Phi) is 4.83. The summed E-state index contributed by atoms with van der Waals surface area (Å²) in [6.45, 7) is 0. The smallest absolute Gasteiger partial charge is 0.0915 e. The molecule has 2 aliphatic carbocycles. The fourth-order valence-corrected chi connectivity index (χ4v) is 4.65. The van der Waals surface area contributed by atoms with Gasteiger partial charge in [0.05, 0.1) is 11.0 Å². The zero-order chi connectivity index (χ0) is 11.4. The highest BCUT2D eigenvalue weighted by Crippen LogP contribution is 2.30. The molecule has 0 aromatic rings. The van der Waals surface area contributed by atoms with Gasteiger partial charge < -0.3 is 0 Å². The van der Waals surface area contributed by atoms with Crippen LogP contribution in [0.2, 0.25) is 0 Å². The van der Waals surface area contributed by atoms with Crippen LogP contribution in [-0.2, 0) is 11.0 Å². The lowest BCUT2D eigenvalue weighted by Gasteiger charge is -2.39. The second kappa shape index (κ2) is 6.15. The minimum Gasteiger partial charge on any atom is -0.243 e. The third kappa shape index (κ3) is 3.07. The van der Waals surface area contributed by atoms with Crippen molar-refractivity contribution >= 4 is 11.0 Å². The molecule has 0 N–H and O–H groups in total. The molecule has 94 valence electrons. The van der Waals surface area contributed by atoms with Gasteiger partial charge in [0.15, 0.2) is 0 Å². The van der Waals surface area contributed by atoms with E-state index in [9.17, 15) is 4.21 Å². The maximum atomic E-state index is 12.0. The monoisotopic (exact) mass is 243 g/mol. The standard InChI is InChI=1S/C13H25NOS/c1-16(15)14(12-8-4-2-5-9-12)13-10-6-3-7-11-13/h12-13H,2-11H2,1H3. The van der Waals surface area contributed by atoms with Gasteiger partial charge in [0.2, 0.25) is 0 Å². The second-order valence-corrected chi connectivity index (χ2v) is 6.64. The van der Waals surface area contributed by atoms with E-state index in [4.69, 9.17) is 0 Å². The van der Waals surface area contributed by atoms with Crippen molar-refractivity contribution in [2.24, 2.45) is 0 Å². The average Bonchev–Trinajstić information content (AvgIpc) is 2.31. The van der Waals surface area contributed by atoms with Gasteiger partial charge in [-0.1, -0.05) is 38.5 Å². The van der Waals surface area contributed by atoms with Gasteiger partial charge in [0, 0.05) is 18.3 Å². The molecule has 0 bridgehead atoms.